The zero-order valence-corrected chi connectivity index (χ0v) is 16.7. The molecule has 0 fully saturated rings. The highest BCUT2D eigenvalue weighted by Crippen LogP contribution is 2.40. The predicted molar refractivity (Wildman–Crippen MR) is 110 cm³/mol. The van der Waals surface area contributed by atoms with E-state index in [9.17, 15) is 13.6 Å². The molecule has 1 amide bonds. The molecule has 1 heterocycles. The van der Waals surface area contributed by atoms with Crippen molar-refractivity contribution >= 4 is 17.9 Å². The molecule has 158 valence electrons. The SMILES string of the molecule is COCC/C=C/c1cccc([C@]2(c3ccc(OC(F)F)cc3)N=C(N)N(C)C2=O)c1. The Bertz CT molecular complexity index is 960. The number of aliphatic imine (C=N–C) groups is 1. The number of rotatable bonds is 8. The molecule has 0 saturated heterocycles. The third-order valence-corrected chi connectivity index (χ3v) is 4.84. The van der Waals surface area contributed by atoms with Crippen molar-refractivity contribution in [3.8, 4) is 5.75 Å². The number of amides is 1. The second-order valence-corrected chi connectivity index (χ2v) is 6.76. The number of guanidine groups is 1. The third-order valence-electron chi connectivity index (χ3n) is 4.84. The van der Waals surface area contributed by atoms with Crippen LogP contribution < -0.4 is 10.5 Å². The second-order valence-electron chi connectivity index (χ2n) is 6.76. The molecule has 0 aliphatic carbocycles. The second kappa shape index (κ2) is 9.04. The first kappa shape index (κ1) is 21.4. The molecule has 1 aliphatic heterocycles. The first-order chi connectivity index (χ1) is 14.4. The maximum Gasteiger partial charge on any atom is 0.387 e. The number of alkyl halides is 2. The van der Waals surface area contributed by atoms with E-state index in [1.54, 1.807) is 32.4 Å². The van der Waals surface area contributed by atoms with Crippen LogP contribution in [0.3, 0.4) is 0 Å². The summed E-state index contributed by atoms with van der Waals surface area (Å²) in [6, 6.07) is 13.3. The Labute approximate surface area is 173 Å². The van der Waals surface area contributed by atoms with Crippen LogP contribution in [0.2, 0.25) is 0 Å². The van der Waals surface area contributed by atoms with Crippen molar-refractivity contribution in [3.05, 3.63) is 71.3 Å². The molecule has 0 aromatic heterocycles. The fourth-order valence-electron chi connectivity index (χ4n) is 3.33. The maximum absolute atomic E-state index is 13.3. The molecule has 0 spiro atoms. The van der Waals surface area contributed by atoms with Crippen molar-refractivity contribution in [2.24, 2.45) is 10.7 Å². The molecular formula is C22H23F2N3O3. The average Bonchev–Trinajstić information content (AvgIpc) is 2.96. The van der Waals surface area contributed by atoms with Crippen LogP contribution in [0.25, 0.3) is 6.08 Å². The van der Waals surface area contributed by atoms with Gasteiger partial charge in [0, 0.05) is 20.8 Å². The molecule has 1 atom stereocenters. The molecule has 6 nitrogen and oxygen atoms in total. The van der Waals surface area contributed by atoms with E-state index >= 15 is 0 Å². The van der Waals surface area contributed by atoms with Crippen LogP contribution in [-0.2, 0) is 15.1 Å². The summed E-state index contributed by atoms with van der Waals surface area (Å²) in [5.41, 5.74) is 6.57. The number of hydrogen-bond acceptors (Lipinski definition) is 5. The third kappa shape index (κ3) is 4.18. The van der Waals surface area contributed by atoms with E-state index in [1.807, 2.05) is 30.4 Å². The minimum atomic E-state index is -2.93. The Balaban J connectivity index is 2.05. The van der Waals surface area contributed by atoms with Crippen LogP contribution in [0, 0.1) is 0 Å². The van der Waals surface area contributed by atoms with Gasteiger partial charge in [-0.2, -0.15) is 8.78 Å². The number of carbonyl (C=O) groups is 1. The van der Waals surface area contributed by atoms with Gasteiger partial charge in [0.15, 0.2) is 11.5 Å². The molecule has 0 bridgehead atoms. The summed E-state index contributed by atoms with van der Waals surface area (Å²) in [6.45, 7) is -2.32. The lowest BCUT2D eigenvalue weighted by atomic mass is 9.82. The number of nitrogens with two attached hydrogens (primary N) is 1. The van der Waals surface area contributed by atoms with Gasteiger partial charge in [0.05, 0.1) is 0 Å². The van der Waals surface area contributed by atoms with E-state index in [1.165, 1.54) is 17.0 Å². The number of benzene rings is 2. The Hall–Kier alpha value is -3.26. The van der Waals surface area contributed by atoms with Crippen LogP contribution in [0.4, 0.5) is 8.78 Å². The van der Waals surface area contributed by atoms with Gasteiger partial charge in [-0.1, -0.05) is 42.5 Å². The number of nitrogens with zero attached hydrogens (tertiary/aromatic N) is 2. The minimum Gasteiger partial charge on any atom is -0.435 e. The largest absolute Gasteiger partial charge is 0.435 e. The first-order valence-corrected chi connectivity index (χ1v) is 9.33. The van der Waals surface area contributed by atoms with Crippen molar-refractivity contribution in [3.63, 3.8) is 0 Å². The molecule has 2 aromatic carbocycles. The highest BCUT2D eigenvalue weighted by molar-refractivity contribution is 6.09. The maximum atomic E-state index is 13.3. The van der Waals surface area contributed by atoms with E-state index in [2.05, 4.69) is 9.73 Å². The molecule has 30 heavy (non-hydrogen) atoms. The van der Waals surface area contributed by atoms with E-state index < -0.39 is 12.2 Å². The quantitative estimate of drug-likeness (QED) is 0.671. The number of halogens is 2. The van der Waals surface area contributed by atoms with Gasteiger partial charge in [-0.3, -0.25) is 9.69 Å². The fraction of sp³-hybridized carbons (Fsp3) is 0.273. The number of ether oxygens (including phenoxy) is 2. The summed E-state index contributed by atoms with van der Waals surface area (Å²) in [4.78, 5) is 19.0. The van der Waals surface area contributed by atoms with Crippen LogP contribution in [0.15, 0.2) is 59.6 Å². The molecule has 0 saturated carbocycles. The van der Waals surface area contributed by atoms with Crippen LogP contribution >= 0.6 is 0 Å². The molecule has 3 rings (SSSR count). The number of methoxy groups -OCH3 is 1. The lowest BCUT2D eigenvalue weighted by Crippen LogP contribution is -2.41. The fourth-order valence-corrected chi connectivity index (χ4v) is 3.33. The topological polar surface area (TPSA) is 77.2 Å². The van der Waals surface area contributed by atoms with Gasteiger partial charge in [-0.25, -0.2) is 4.99 Å². The summed E-state index contributed by atoms with van der Waals surface area (Å²) < 4.78 is 34.4. The van der Waals surface area contributed by atoms with Gasteiger partial charge in [0.1, 0.15) is 5.75 Å². The van der Waals surface area contributed by atoms with Crippen LogP contribution in [-0.4, -0.2) is 44.1 Å². The van der Waals surface area contributed by atoms with Crippen molar-refractivity contribution in [2.45, 2.75) is 18.6 Å². The highest BCUT2D eigenvalue weighted by Gasteiger charge is 2.49. The Morgan fingerprint density at radius 1 is 1.20 bits per heavy atom. The summed E-state index contributed by atoms with van der Waals surface area (Å²) in [5.74, 6) is -0.258. The van der Waals surface area contributed by atoms with Crippen LogP contribution in [0.5, 0.6) is 5.75 Å². The van der Waals surface area contributed by atoms with Gasteiger partial charge >= 0.3 is 6.61 Å². The summed E-state index contributed by atoms with van der Waals surface area (Å²) >= 11 is 0. The van der Waals surface area contributed by atoms with Gasteiger partial charge in [0.25, 0.3) is 5.91 Å². The molecule has 1 aliphatic rings. The normalized spacial score (nSPS) is 19.0. The molecule has 8 heteroatoms. The monoisotopic (exact) mass is 415 g/mol. The zero-order valence-electron chi connectivity index (χ0n) is 16.7. The Morgan fingerprint density at radius 2 is 1.93 bits per heavy atom. The molecule has 2 N–H and O–H groups in total. The summed E-state index contributed by atoms with van der Waals surface area (Å²) in [7, 11) is 3.19. The molecule has 2 aromatic rings. The van der Waals surface area contributed by atoms with Gasteiger partial charge in [-0.05, 0) is 41.3 Å². The Morgan fingerprint density at radius 3 is 2.53 bits per heavy atom. The van der Waals surface area contributed by atoms with Crippen molar-refractivity contribution < 1.29 is 23.0 Å². The zero-order chi connectivity index (χ0) is 21.7. The lowest BCUT2D eigenvalue weighted by molar-refractivity contribution is -0.129. The average molecular weight is 415 g/mol. The first-order valence-electron chi connectivity index (χ1n) is 9.33. The van der Waals surface area contributed by atoms with E-state index in [0.29, 0.717) is 17.7 Å². The predicted octanol–water partition coefficient (Wildman–Crippen LogP) is 3.37. The van der Waals surface area contributed by atoms with Crippen molar-refractivity contribution in [1.82, 2.24) is 4.90 Å². The minimum absolute atomic E-state index is 0.00511. The van der Waals surface area contributed by atoms with Crippen molar-refractivity contribution in [2.75, 3.05) is 20.8 Å². The van der Waals surface area contributed by atoms with Crippen molar-refractivity contribution in [1.29, 1.82) is 0 Å². The smallest absolute Gasteiger partial charge is 0.387 e. The highest BCUT2D eigenvalue weighted by atomic mass is 19.3. The molecule has 0 unspecified atom stereocenters. The number of hydrogen-bond donors (Lipinski definition) is 1. The van der Waals surface area contributed by atoms with Gasteiger partial charge in [-0.15, -0.1) is 0 Å². The standard InChI is InChI=1S/C22H23F2N3O3/c1-27-19(28)22(26-21(27)25,16-9-11-18(12-10-16)30-20(23)24)17-8-5-7-15(14-17)6-3-4-13-29-2/h3,5-12,14,20H,4,13H2,1-2H3,(H2,25,26)/b6-3+/t22-/m0/s1. The number of carbonyl (C=O) groups excluding carboxylic acids is 1. The molecular weight excluding hydrogens is 392 g/mol. The van der Waals surface area contributed by atoms with Crippen LogP contribution in [0.1, 0.15) is 23.1 Å². The van der Waals surface area contributed by atoms with E-state index in [0.717, 1.165) is 12.0 Å². The summed E-state index contributed by atoms with van der Waals surface area (Å²) in [5, 5.41) is 0. The lowest BCUT2D eigenvalue weighted by Gasteiger charge is -2.26. The summed E-state index contributed by atoms with van der Waals surface area (Å²) in [6.07, 6.45) is 4.67. The van der Waals surface area contributed by atoms with E-state index in [4.69, 9.17) is 10.5 Å². The van der Waals surface area contributed by atoms with Gasteiger partial charge < -0.3 is 15.2 Å². The van der Waals surface area contributed by atoms with Gasteiger partial charge in [0.2, 0.25) is 0 Å². The molecule has 0 radical (unpaired) electrons. The Kier molecular flexibility index (Phi) is 6.47. The number of likely N-dealkylation sites (N-methyl/N-ethyl adjacent to an activating group) is 1. The van der Waals surface area contributed by atoms with E-state index in [-0.39, 0.29) is 17.6 Å².